The quantitative estimate of drug-likeness (QED) is 0.874. The summed E-state index contributed by atoms with van der Waals surface area (Å²) in [5.74, 6) is 2.37. The first-order valence-corrected chi connectivity index (χ1v) is 8.33. The Morgan fingerprint density at radius 2 is 2.00 bits per heavy atom. The fraction of sp³-hybridized carbons (Fsp3) is 0.765. The van der Waals surface area contributed by atoms with Gasteiger partial charge in [-0.15, -0.1) is 0 Å². The standard InChI is InChI=1S/C17H30N4/c1-5-14(4)16-11-21(12-17-18-7-6-8-19-17)15(10-20-16)9-13(2)3/h6-8,13-16,20H,5,9-12H2,1-4H3. The van der Waals surface area contributed by atoms with E-state index in [1.165, 1.54) is 12.8 Å². The average Bonchev–Trinajstić information content (AvgIpc) is 2.49. The van der Waals surface area contributed by atoms with Crippen LogP contribution in [-0.2, 0) is 6.54 Å². The van der Waals surface area contributed by atoms with Crippen LogP contribution in [0.25, 0.3) is 0 Å². The predicted octanol–water partition coefficient (Wildman–Crippen LogP) is 2.71. The summed E-state index contributed by atoms with van der Waals surface area (Å²) >= 11 is 0. The van der Waals surface area contributed by atoms with Crippen LogP contribution >= 0.6 is 0 Å². The van der Waals surface area contributed by atoms with E-state index in [0.29, 0.717) is 18.0 Å². The molecule has 1 N–H and O–H groups in total. The molecule has 1 aliphatic heterocycles. The zero-order chi connectivity index (χ0) is 15.2. The highest BCUT2D eigenvalue weighted by Crippen LogP contribution is 2.21. The van der Waals surface area contributed by atoms with Crippen LogP contribution in [-0.4, -0.2) is 40.0 Å². The molecule has 0 aromatic carbocycles. The molecule has 0 aliphatic carbocycles. The minimum Gasteiger partial charge on any atom is -0.311 e. The molecule has 118 valence electrons. The number of aromatic nitrogens is 2. The molecule has 1 aromatic heterocycles. The molecular weight excluding hydrogens is 260 g/mol. The van der Waals surface area contributed by atoms with Crippen LogP contribution in [0.15, 0.2) is 18.5 Å². The van der Waals surface area contributed by atoms with Crippen LogP contribution in [0, 0.1) is 11.8 Å². The van der Waals surface area contributed by atoms with E-state index in [0.717, 1.165) is 31.4 Å². The first-order chi connectivity index (χ1) is 10.1. The van der Waals surface area contributed by atoms with Gasteiger partial charge in [-0.25, -0.2) is 9.97 Å². The van der Waals surface area contributed by atoms with Gasteiger partial charge in [-0.05, 0) is 24.3 Å². The Morgan fingerprint density at radius 3 is 2.62 bits per heavy atom. The lowest BCUT2D eigenvalue weighted by Gasteiger charge is -2.42. The van der Waals surface area contributed by atoms with E-state index in [9.17, 15) is 0 Å². The van der Waals surface area contributed by atoms with Gasteiger partial charge in [0, 0.05) is 37.6 Å². The van der Waals surface area contributed by atoms with Gasteiger partial charge >= 0.3 is 0 Å². The third kappa shape index (κ3) is 4.75. The van der Waals surface area contributed by atoms with Crippen molar-refractivity contribution in [1.29, 1.82) is 0 Å². The molecule has 2 rings (SSSR count). The zero-order valence-electron chi connectivity index (χ0n) is 13.9. The summed E-state index contributed by atoms with van der Waals surface area (Å²) in [6.45, 7) is 12.3. The number of rotatable bonds is 6. The van der Waals surface area contributed by atoms with Gasteiger partial charge in [0.1, 0.15) is 5.82 Å². The third-order valence-electron chi connectivity index (χ3n) is 4.60. The van der Waals surface area contributed by atoms with Gasteiger partial charge in [0.05, 0.1) is 6.54 Å². The first-order valence-electron chi connectivity index (χ1n) is 8.33. The first kappa shape index (κ1) is 16.4. The van der Waals surface area contributed by atoms with Crippen molar-refractivity contribution in [1.82, 2.24) is 20.2 Å². The lowest BCUT2D eigenvalue weighted by molar-refractivity contribution is 0.0865. The maximum absolute atomic E-state index is 4.40. The van der Waals surface area contributed by atoms with Crippen molar-refractivity contribution >= 4 is 0 Å². The number of hydrogen-bond acceptors (Lipinski definition) is 4. The van der Waals surface area contributed by atoms with Crippen LogP contribution in [0.2, 0.25) is 0 Å². The van der Waals surface area contributed by atoms with Crippen molar-refractivity contribution in [3.63, 3.8) is 0 Å². The molecule has 0 saturated carbocycles. The molecular formula is C17H30N4. The van der Waals surface area contributed by atoms with Gasteiger partial charge in [-0.1, -0.05) is 34.1 Å². The molecule has 3 unspecified atom stereocenters. The van der Waals surface area contributed by atoms with Gasteiger partial charge in [-0.2, -0.15) is 0 Å². The van der Waals surface area contributed by atoms with Crippen LogP contribution in [0.1, 0.15) is 46.4 Å². The molecule has 0 radical (unpaired) electrons. The van der Waals surface area contributed by atoms with Crippen molar-refractivity contribution < 1.29 is 0 Å². The summed E-state index contributed by atoms with van der Waals surface area (Å²) in [6.07, 6.45) is 6.14. The summed E-state index contributed by atoms with van der Waals surface area (Å²) in [6, 6.07) is 3.06. The van der Waals surface area contributed by atoms with Gasteiger partial charge in [-0.3, -0.25) is 4.90 Å². The van der Waals surface area contributed by atoms with Crippen molar-refractivity contribution in [3.05, 3.63) is 24.3 Å². The Morgan fingerprint density at radius 1 is 1.29 bits per heavy atom. The lowest BCUT2D eigenvalue weighted by atomic mass is 9.93. The molecule has 1 aromatic rings. The second kappa shape index (κ2) is 7.85. The van der Waals surface area contributed by atoms with Crippen molar-refractivity contribution in [2.45, 2.75) is 59.2 Å². The van der Waals surface area contributed by atoms with Crippen LogP contribution in [0.4, 0.5) is 0 Å². The molecule has 0 bridgehead atoms. The SMILES string of the molecule is CCC(C)C1CN(Cc2ncccn2)C(CC(C)C)CN1. The Bertz CT molecular complexity index is 407. The number of hydrogen-bond donors (Lipinski definition) is 1. The largest absolute Gasteiger partial charge is 0.311 e. The molecule has 4 nitrogen and oxygen atoms in total. The number of nitrogens with one attached hydrogen (secondary N) is 1. The second-order valence-electron chi connectivity index (χ2n) is 6.78. The Labute approximate surface area is 129 Å². The Kier molecular flexibility index (Phi) is 6.12. The van der Waals surface area contributed by atoms with Gasteiger partial charge in [0.25, 0.3) is 0 Å². The molecule has 1 aliphatic rings. The predicted molar refractivity (Wildman–Crippen MR) is 86.9 cm³/mol. The van der Waals surface area contributed by atoms with Crippen molar-refractivity contribution in [3.8, 4) is 0 Å². The number of nitrogens with zero attached hydrogens (tertiary/aromatic N) is 3. The molecule has 21 heavy (non-hydrogen) atoms. The molecule has 0 spiro atoms. The van der Waals surface area contributed by atoms with Gasteiger partial charge in [0.15, 0.2) is 0 Å². The van der Waals surface area contributed by atoms with E-state index in [4.69, 9.17) is 0 Å². The van der Waals surface area contributed by atoms with E-state index in [2.05, 4.69) is 47.9 Å². The second-order valence-corrected chi connectivity index (χ2v) is 6.78. The molecule has 0 amide bonds. The Hall–Kier alpha value is -1.00. The number of piperazine rings is 1. The highest BCUT2D eigenvalue weighted by Gasteiger charge is 2.30. The average molecular weight is 290 g/mol. The van der Waals surface area contributed by atoms with E-state index in [-0.39, 0.29) is 0 Å². The van der Waals surface area contributed by atoms with Gasteiger partial charge in [0.2, 0.25) is 0 Å². The maximum atomic E-state index is 4.40. The summed E-state index contributed by atoms with van der Waals surface area (Å²) in [5.41, 5.74) is 0. The van der Waals surface area contributed by atoms with Gasteiger partial charge < -0.3 is 5.32 Å². The summed E-state index contributed by atoms with van der Waals surface area (Å²) in [5, 5.41) is 3.76. The lowest BCUT2D eigenvalue weighted by Crippen LogP contribution is -2.58. The highest BCUT2D eigenvalue weighted by atomic mass is 15.2. The van der Waals surface area contributed by atoms with E-state index in [1.807, 2.05) is 18.5 Å². The van der Waals surface area contributed by atoms with Crippen LogP contribution < -0.4 is 5.32 Å². The van der Waals surface area contributed by atoms with Crippen molar-refractivity contribution in [2.75, 3.05) is 13.1 Å². The van der Waals surface area contributed by atoms with E-state index in [1.54, 1.807) is 0 Å². The minimum atomic E-state index is 0.585. The molecule has 2 heterocycles. The fourth-order valence-corrected chi connectivity index (χ4v) is 3.11. The zero-order valence-corrected chi connectivity index (χ0v) is 13.9. The molecule has 1 saturated heterocycles. The monoisotopic (exact) mass is 290 g/mol. The van der Waals surface area contributed by atoms with E-state index >= 15 is 0 Å². The van der Waals surface area contributed by atoms with E-state index < -0.39 is 0 Å². The minimum absolute atomic E-state index is 0.585. The van der Waals surface area contributed by atoms with Crippen LogP contribution in [0.3, 0.4) is 0 Å². The summed E-state index contributed by atoms with van der Waals surface area (Å²) < 4.78 is 0. The third-order valence-corrected chi connectivity index (χ3v) is 4.60. The molecule has 1 fully saturated rings. The summed E-state index contributed by atoms with van der Waals surface area (Å²) in [4.78, 5) is 11.4. The topological polar surface area (TPSA) is 41.1 Å². The molecule has 4 heteroatoms. The highest BCUT2D eigenvalue weighted by molar-refractivity contribution is 4.94. The smallest absolute Gasteiger partial charge is 0.142 e. The normalized spacial score (nSPS) is 25.2. The Balaban J connectivity index is 2.05. The van der Waals surface area contributed by atoms with Crippen molar-refractivity contribution in [2.24, 2.45) is 11.8 Å². The van der Waals surface area contributed by atoms with Crippen LogP contribution in [0.5, 0.6) is 0 Å². The fourth-order valence-electron chi connectivity index (χ4n) is 3.11. The summed E-state index contributed by atoms with van der Waals surface area (Å²) in [7, 11) is 0. The maximum Gasteiger partial charge on any atom is 0.142 e. The molecule has 3 atom stereocenters.